The minimum absolute atomic E-state index is 0.0232. The highest BCUT2D eigenvalue weighted by atomic mass is 32.1. The standard InChI is InChI=1S/C10H14N4S/c1-10(2,3)12-8-6-7(13-14-8)9-11-4-5-15-9/h4-6H,1-3H3,(H2,12,13,14). The fraction of sp³-hybridized carbons (Fsp3) is 0.400. The number of H-pyrrole nitrogens is 1. The molecule has 0 amide bonds. The van der Waals surface area contributed by atoms with Crippen LogP contribution >= 0.6 is 11.3 Å². The van der Waals surface area contributed by atoms with Gasteiger partial charge in [0, 0.05) is 23.2 Å². The summed E-state index contributed by atoms with van der Waals surface area (Å²) in [6.45, 7) is 6.31. The maximum Gasteiger partial charge on any atom is 0.148 e. The molecule has 5 heteroatoms. The first-order valence-electron chi connectivity index (χ1n) is 4.78. The van der Waals surface area contributed by atoms with Gasteiger partial charge in [-0.25, -0.2) is 4.98 Å². The van der Waals surface area contributed by atoms with Crippen LogP contribution in [0.15, 0.2) is 17.6 Å². The van der Waals surface area contributed by atoms with Crippen LogP contribution in [0, 0.1) is 0 Å². The van der Waals surface area contributed by atoms with Gasteiger partial charge in [0.05, 0.1) is 5.69 Å². The zero-order valence-corrected chi connectivity index (χ0v) is 9.85. The zero-order valence-electron chi connectivity index (χ0n) is 9.03. The number of anilines is 1. The van der Waals surface area contributed by atoms with Crippen LogP contribution in [-0.4, -0.2) is 20.7 Å². The van der Waals surface area contributed by atoms with Crippen LogP contribution in [-0.2, 0) is 0 Å². The topological polar surface area (TPSA) is 53.6 Å². The summed E-state index contributed by atoms with van der Waals surface area (Å²) in [4.78, 5) is 4.22. The molecule has 4 nitrogen and oxygen atoms in total. The van der Waals surface area contributed by atoms with Crippen LogP contribution in [0.25, 0.3) is 10.7 Å². The first-order chi connectivity index (χ1) is 7.04. The number of nitrogens with one attached hydrogen (secondary N) is 2. The summed E-state index contributed by atoms with van der Waals surface area (Å²) in [6.07, 6.45) is 1.79. The molecule has 0 saturated carbocycles. The Morgan fingerprint density at radius 2 is 2.20 bits per heavy atom. The number of hydrogen-bond donors (Lipinski definition) is 2. The number of aromatic nitrogens is 3. The van der Waals surface area contributed by atoms with E-state index in [0.29, 0.717) is 0 Å². The highest BCUT2D eigenvalue weighted by molar-refractivity contribution is 7.13. The molecule has 0 spiro atoms. The van der Waals surface area contributed by atoms with E-state index in [0.717, 1.165) is 16.5 Å². The van der Waals surface area contributed by atoms with Gasteiger partial charge in [-0.05, 0) is 20.8 Å². The molecule has 0 aliphatic carbocycles. The fourth-order valence-corrected chi connectivity index (χ4v) is 1.84. The number of hydrogen-bond acceptors (Lipinski definition) is 4. The largest absolute Gasteiger partial charge is 0.364 e. The molecule has 15 heavy (non-hydrogen) atoms. The molecule has 0 aromatic carbocycles. The van der Waals surface area contributed by atoms with Crippen LogP contribution in [0.5, 0.6) is 0 Å². The average Bonchev–Trinajstić information content (AvgIpc) is 2.68. The summed E-state index contributed by atoms with van der Waals surface area (Å²) < 4.78 is 0. The lowest BCUT2D eigenvalue weighted by atomic mass is 10.1. The molecule has 2 heterocycles. The third-order valence-corrected chi connectivity index (χ3v) is 2.55. The van der Waals surface area contributed by atoms with Crippen molar-refractivity contribution in [3.8, 4) is 10.7 Å². The van der Waals surface area contributed by atoms with Crippen LogP contribution < -0.4 is 5.32 Å². The average molecular weight is 222 g/mol. The molecule has 0 aliphatic rings. The highest BCUT2D eigenvalue weighted by Gasteiger charge is 2.12. The van der Waals surface area contributed by atoms with E-state index in [1.165, 1.54) is 0 Å². The van der Waals surface area contributed by atoms with E-state index in [1.807, 2.05) is 11.4 Å². The van der Waals surface area contributed by atoms with Crippen molar-refractivity contribution >= 4 is 17.2 Å². The second kappa shape index (κ2) is 3.66. The lowest BCUT2D eigenvalue weighted by Gasteiger charge is -2.19. The van der Waals surface area contributed by atoms with E-state index in [4.69, 9.17) is 0 Å². The Kier molecular flexibility index (Phi) is 2.48. The molecule has 0 fully saturated rings. The quantitative estimate of drug-likeness (QED) is 0.821. The van der Waals surface area contributed by atoms with Gasteiger partial charge in [0.2, 0.25) is 0 Å². The molecule has 0 aliphatic heterocycles. The zero-order chi connectivity index (χ0) is 10.9. The summed E-state index contributed by atoms with van der Waals surface area (Å²) in [7, 11) is 0. The Bertz CT molecular complexity index is 424. The van der Waals surface area contributed by atoms with Gasteiger partial charge in [-0.15, -0.1) is 11.3 Å². The van der Waals surface area contributed by atoms with Crippen molar-refractivity contribution in [1.82, 2.24) is 15.2 Å². The monoisotopic (exact) mass is 222 g/mol. The lowest BCUT2D eigenvalue weighted by molar-refractivity contribution is 0.630. The normalized spacial score (nSPS) is 11.7. The van der Waals surface area contributed by atoms with Crippen molar-refractivity contribution in [2.24, 2.45) is 0 Å². The van der Waals surface area contributed by atoms with Crippen molar-refractivity contribution in [2.75, 3.05) is 5.32 Å². The third kappa shape index (κ3) is 2.56. The molecular formula is C10H14N4S. The second-order valence-electron chi connectivity index (χ2n) is 4.38. The van der Waals surface area contributed by atoms with Crippen molar-refractivity contribution in [1.29, 1.82) is 0 Å². The molecule has 0 saturated heterocycles. The Balaban J connectivity index is 2.18. The predicted molar refractivity (Wildman–Crippen MR) is 63.1 cm³/mol. The molecular weight excluding hydrogens is 208 g/mol. The summed E-state index contributed by atoms with van der Waals surface area (Å²) >= 11 is 1.60. The van der Waals surface area contributed by atoms with E-state index < -0.39 is 0 Å². The fourth-order valence-electron chi connectivity index (χ4n) is 1.24. The second-order valence-corrected chi connectivity index (χ2v) is 5.27. The Hall–Kier alpha value is -1.36. The lowest BCUT2D eigenvalue weighted by Crippen LogP contribution is -2.26. The van der Waals surface area contributed by atoms with Gasteiger partial charge < -0.3 is 5.32 Å². The number of rotatable bonds is 2. The van der Waals surface area contributed by atoms with Gasteiger partial charge in [0.25, 0.3) is 0 Å². The van der Waals surface area contributed by atoms with E-state index in [9.17, 15) is 0 Å². The maximum absolute atomic E-state index is 4.22. The minimum atomic E-state index is 0.0232. The summed E-state index contributed by atoms with van der Waals surface area (Å²) in [5.41, 5.74) is 0.978. The molecule has 2 rings (SSSR count). The number of nitrogens with zero attached hydrogens (tertiary/aromatic N) is 2. The van der Waals surface area contributed by atoms with Crippen LogP contribution in [0.1, 0.15) is 20.8 Å². The molecule has 2 aromatic rings. The van der Waals surface area contributed by atoms with Crippen molar-refractivity contribution < 1.29 is 0 Å². The predicted octanol–water partition coefficient (Wildman–Crippen LogP) is 2.74. The van der Waals surface area contributed by atoms with Gasteiger partial charge in [0.1, 0.15) is 10.8 Å². The summed E-state index contributed by atoms with van der Waals surface area (Å²) in [5, 5.41) is 13.4. The maximum atomic E-state index is 4.22. The van der Waals surface area contributed by atoms with Crippen LogP contribution in [0.4, 0.5) is 5.82 Å². The molecule has 0 bridgehead atoms. The number of thiazole rings is 1. The van der Waals surface area contributed by atoms with Crippen molar-refractivity contribution in [3.05, 3.63) is 17.6 Å². The first-order valence-corrected chi connectivity index (χ1v) is 5.66. The van der Waals surface area contributed by atoms with Gasteiger partial charge in [0.15, 0.2) is 0 Å². The third-order valence-electron chi connectivity index (χ3n) is 1.74. The smallest absolute Gasteiger partial charge is 0.148 e. The Labute approximate surface area is 92.8 Å². The first kappa shape index (κ1) is 10.2. The van der Waals surface area contributed by atoms with Gasteiger partial charge >= 0.3 is 0 Å². The van der Waals surface area contributed by atoms with Crippen LogP contribution in [0.3, 0.4) is 0 Å². The van der Waals surface area contributed by atoms with Gasteiger partial charge in [-0.1, -0.05) is 0 Å². The summed E-state index contributed by atoms with van der Waals surface area (Å²) in [5.74, 6) is 0.854. The number of aromatic amines is 1. The molecule has 0 unspecified atom stereocenters. The van der Waals surface area contributed by atoms with E-state index in [1.54, 1.807) is 17.5 Å². The molecule has 2 aromatic heterocycles. The van der Waals surface area contributed by atoms with Gasteiger partial charge in [-0.3, -0.25) is 5.10 Å². The molecule has 0 atom stereocenters. The van der Waals surface area contributed by atoms with Crippen molar-refractivity contribution in [3.63, 3.8) is 0 Å². The highest BCUT2D eigenvalue weighted by Crippen LogP contribution is 2.22. The Morgan fingerprint density at radius 1 is 1.40 bits per heavy atom. The van der Waals surface area contributed by atoms with Crippen molar-refractivity contribution in [2.45, 2.75) is 26.3 Å². The van der Waals surface area contributed by atoms with Gasteiger partial charge in [-0.2, -0.15) is 5.10 Å². The summed E-state index contributed by atoms with van der Waals surface area (Å²) in [6, 6.07) is 1.98. The SMILES string of the molecule is CC(C)(C)Nc1cc(-c2nccs2)[nH]n1. The Morgan fingerprint density at radius 3 is 2.80 bits per heavy atom. The van der Waals surface area contributed by atoms with E-state index in [2.05, 4.69) is 41.3 Å². The van der Waals surface area contributed by atoms with E-state index in [-0.39, 0.29) is 5.54 Å². The molecule has 0 radical (unpaired) electrons. The minimum Gasteiger partial charge on any atom is -0.364 e. The molecule has 80 valence electrons. The van der Waals surface area contributed by atoms with Crippen LogP contribution in [0.2, 0.25) is 0 Å². The van der Waals surface area contributed by atoms with E-state index >= 15 is 0 Å². The molecule has 2 N–H and O–H groups in total.